The Labute approximate surface area is 188 Å². The zero-order valence-corrected chi connectivity index (χ0v) is 18.4. The number of amides is 1. The van der Waals surface area contributed by atoms with E-state index in [1.54, 1.807) is 29.2 Å². The van der Waals surface area contributed by atoms with Crippen LogP contribution in [-0.4, -0.2) is 27.8 Å². The molecule has 6 nitrogen and oxygen atoms in total. The zero-order valence-electron chi connectivity index (χ0n) is 17.6. The number of rotatable bonds is 5. The van der Waals surface area contributed by atoms with Crippen LogP contribution in [0.5, 0.6) is 0 Å². The molecule has 1 saturated heterocycles. The molecule has 160 valence electrons. The van der Waals surface area contributed by atoms with E-state index in [9.17, 15) is 14.4 Å². The Kier molecular flexibility index (Phi) is 5.19. The maximum absolute atomic E-state index is 13.2. The molecule has 0 radical (unpaired) electrons. The second-order valence-electron chi connectivity index (χ2n) is 7.90. The molecule has 4 aromatic rings. The first-order chi connectivity index (χ1) is 15.5. The van der Waals surface area contributed by atoms with Gasteiger partial charge in [-0.3, -0.25) is 19.0 Å². The number of thiophene rings is 1. The Morgan fingerprint density at radius 3 is 2.50 bits per heavy atom. The van der Waals surface area contributed by atoms with Crippen LogP contribution in [0.15, 0.2) is 65.7 Å². The summed E-state index contributed by atoms with van der Waals surface area (Å²) in [4.78, 5) is 45.8. The summed E-state index contributed by atoms with van der Waals surface area (Å²) >= 11 is 1.49. The highest BCUT2D eigenvalue weighted by atomic mass is 32.1. The van der Waals surface area contributed by atoms with E-state index in [1.807, 2.05) is 37.3 Å². The van der Waals surface area contributed by atoms with Crippen molar-refractivity contribution in [2.75, 3.05) is 11.4 Å². The van der Waals surface area contributed by atoms with Crippen molar-refractivity contribution in [3.63, 3.8) is 0 Å². The monoisotopic (exact) mass is 443 g/mol. The summed E-state index contributed by atoms with van der Waals surface area (Å²) in [5.74, 6) is -0.0697. The number of fused-ring (bicyclic) bond motifs is 1. The number of nitrogens with zero attached hydrogens (tertiary/aromatic N) is 3. The lowest BCUT2D eigenvalue weighted by Crippen LogP contribution is -2.25. The van der Waals surface area contributed by atoms with Crippen LogP contribution in [0.2, 0.25) is 0 Å². The molecule has 1 aliphatic heterocycles. The molecule has 3 heterocycles. The van der Waals surface area contributed by atoms with E-state index in [2.05, 4.69) is 4.98 Å². The third-order valence-corrected chi connectivity index (χ3v) is 7.09. The van der Waals surface area contributed by atoms with Crippen LogP contribution >= 0.6 is 11.3 Å². The number of aromatic nitrogens is 2. The molecule has 2 aromatic carbocycles. The Bertz CT molecular complexity index is 1390. The highest BCUT2D eigenvalue weighted by Gasteiger charge is 2.22. The van der Waals surface area contributed by atoms with E-state index in [-0.39, 0.29) is 23.8 Å². The van der Waals surface area contributed by atoms with E-state index < -0.39 is 0 Å². The number of benzene rings is 2. The van der Waals surface area contributed by atoms with Crippen LogP contribution in [0.3, 0.4) is 0 Å². The summed E-state index contributed by atoms with van der Waals surface area (Å²) in [5, 5.41) is 0.562. The Balaban J connectivity index is 1.42. The lowest BCUT2D eigenvalue weighted by molar-refractivity contribution is -0.117. The summed E-state index contributed by atoms with van der Waals surface area (Å²) in [6, 6.07) is 16.9. The van der Waals surface area contributed by atoms with Gasteiger partial charge in [0, 0.05) is 29.1 Å². The fraction of sp³-hybridized carbons (Fsp3) is 0.200. The van der Waals surface area contributed by atoms with Gasteiger partial charge < -0.3 is 4.90 Å². The predicted octanol–water partition coefficient (Wildman–Crippen LogP) is 4.44. The minimum Gasteiger partial charge on any atom is -0.312 e. The van der Waals surface area contributed by atoms with Gasteiger partial charge >= 0.3 is 0 Å². The van der Waals surface area contributed by atoms with Crippen molar-refractivity contribution >= 4 is 38.9 Å². The highest BCUT2D eigenvalue weighted by molar-refractivity contribution is 7.22. The zero-order chi connectivity index (χ0) is 22.2. The number of carbonyl (C=O) groups excluding carboxylic acids is 2. The number of hydrogen-bond donors (Lipinski definition) is 0. The van der Waals surface area contributed by atoms with Crippen molar-refractivity contribution in [1.82, 2.24) is 9.55 Å². The first-order valence-electron chi connectivity index (χ1n) is 10.5. The van der Waals surface area contributed by atoms with Gasteiger partial charge in [-0.05, 0) is 48.7 Å². The molecule has 32 heavy (non-hydrogen) atoms. The first kappa shape index (κ1) is 20.3. The van der Waals surface area contributed by atoms with Crippen LogP contribution < -0.4 is 10.5 Å². The van der Waals surface area contributed by atoms with E-state index in [4.69, 9.17) is 0 Å². The average molecular weight is 444 g/mol. The standard InChI is InChI=1S/C25H21N3O3S/c1-16-22-24(32-23(16)18-6-3-2-4-7-18)26-15-27(25(22)31)14-20(29)17-9-11-19(12-10-17)28-13-5-8-21(28)30/h2-4,6-7,9-12,15H,5,8,13-14H2,1H3. The Morgan fingerprint density at radius 2 is 1.81 bits per heavy atom. The molecule has 0 unspecified atom stereocenters. The number of aryl methyl sites for hydroxylation is 1. The van der Waals surface area contributed by atoms with Gasteiger partial charge in [0.1, 0.15) is 4.83 Å². The van der Waals surface area contributed by atoms with Gasteiger partial charge in [0.15, 0.2) is 5.78 Å². The second kappa shape index (κ2) is 8.16. The van der Waals surface area contributed by atoms with Crippen LogP contribution in [0.1, 0.15) is 28.8 Å². The molecule has 0 saturated carbocycles. The van der Waals surface area contributed by atoms with Gasteiger partial charge in [-0.2, -0.15) is 0 Å². The molecule has 1 amide bonds. The SMILES string of the molecule is Cc1c(-c2ccccc2)sc2ncn(CC(=O)c3ccc(N4CCCC4=O)cc3)c(=O)c12. The molecule has 0 N–H and O–H groups in total. The second-order valence-corrected chi connectivity index (χ2v) is 8.90. The van der Waals surface area contributed by atoms with Gasteiger partial charge in [-0.25, -0.2) is 4.98 Å². The fourth-order valence-corrected chi connectivity index (χ4v) is 5.28. The molecule has 0 spiro atoms. The van der Waals surface area contributed by atoms with E-state index in [1.165, 1.54) is 22.2 Å². The Hall–Kier alpha value is -3.58. The fourth-order valence-electron chi connectivity index (χ4n) is 4.13. The minimum absolute atomic E-state index is 0.0836. The van der Waals surface area contributed by atoms with E-state index in [0.29, 0.717) is 28.7 Å². The summed E-state index contributed by atoms with van der Waals surface area (Å²) in [6.45, 7) is 2.55. The van der Waals surface area contributed by atoms with Gasteiger partial charge in [0.25, 0.3) is 5.56 Å². The quantitative estimate of drug-likeness (QED) is 0.428. The summed E-state index contributed by atoms with van der Waals surface area (Å²) < 4.78 is 1.37. The third-order valence-electron chi connectivity index (χ3n) is 5.84. The van der Waals surface area contributed by atoms with Crippen molar-refractivity contribution in [3.8, 4) is 10.4 Å². The van der Waals surface area contributed by atoms with E-state index >= 15 is 0 Å². The molecule has 7 heteroatoms. The number of anilines is 1. The molecule has 2 aromatic heterocycles. The molecular weight excluding hydrogens is 422 g/mol. The summed E-state index contributed by atoms with van der Waals surface area (Å²) in [5.41, 5.74) is 3.02. The van der Waals surface area contributed by atoms with Crippen molar-refractivity contribution in [3.05, 3.63) is 82.4 Å². The van der Waals surface area contributed by atoms with E-state index in [0.717, 1.165) is 28.1 Å². The molecule has 1 fully saturated rings. The minimum atomic E-state index is -0.210. The summed E-state index contributed by atoms with van der Waals surface area (Å²) in [6.07, 6.45) is 2.86. The molecule has 0 aliphatic carbocycles. The molecule has 1 aliphatic rings. The van der Waals surface area contributed by atoms with Crippen LogP contribution in [0, 0.1) is 6.92 Å². The topological polar surface area (TPSA) is 72.3 Å². The van der Waals surface area contributed by atoms with Crippen LogP contribution in [0.4, 0.5) is 5.69 Å². The number of ketones is 1. The number of Topliss-reactive ketones (excluding diaryl/α,β-unsaturated/α-hetero) is 1. The summed E-state index contributed by atoms with van der Waals surface area (Å²) in [7, 11) is 0. The maximum Gasteiger partial charge on any atom is 0.262 e. The largest absolute Gasteiger partial charge is 0.312 e. The van der Waals surface area contributed by atoms with Crippen molar-refractivity contribution < 1.29 is 9.59 Å². The molecular formula is C25H21N3O3S. The van der Waals surface area contributed by atoms with Crippen molar-refractivity contribution in [2.45, 2.75) is 26.3 Å². The lowest BCUT2D eigenvalue weighted by Gasteiger charge is -2.15. The van der Waals surface area contributed by atoms with Gasteiger partial charge in [-0.15, -0.1) is 11.3 Å². The maximum atomic E-state index is 13.2. The first-order valence-corrected chi connectivity index (χ1v) is 11.3. The van der Waals surface area contributed by atoms with Gasteiger partial charge in [0.2, 0.25) is 5.91 Å². The highest BCUT2D eigenvalue weighted by Crippen LogP contribution is 2.35. The third kappa shape index (κ3) is 3.54. The normalized spacial score (nSPS) is 13.8. The molecule has 5 rings (SSSR count). The lowest BCUT2D eigenvalue weighted by atomic mass is 10.1. The average Bonchev–Trinajstić information content (AvgIpc) is 3.39. The number of hydrogen-bond acceptors (Lipinski definition) is 5. The Morgan fingerprint density at radius 1 is 1.06 bits per heavy atom. The van der Waals surface area contributed by atoms with Crippen LogP contribution in [0.25, 0.3) is 20.7 Å². The number of carbonyl (C=O) groups is 2. The molecule has 0 atom stereocenters. The van der Waals surface area contributed by atoms with Crippen molar-refractivity contribution in [1.29, 1.82) is 0 Å². The van der Waals surface area contributed by atoms with Gasteiger partial charge in [-0.1, -0.05) is 30.3 Å². The smallest absolute Gasteiger partial charge is 0.262 e. The van der Waals surface area contributed by atoms with Gasteiger partial charge in [0.05, 0.1) is 18.3 Å². The predicted molar refractivity (Wildman–Crippen MR) is 126 cm³/mol. The van der Waals surface area contributed by atoms with Crippen molar-refractivity contribution in [2.24, 2.45) is 0 Å². The molecule has 0 bridgehead atoms. The van der Waals surface area contributed by atoms with Crippen LogP contribution in [-0.2, 0) is 11.3 Å².